The molecule has 2 rings (SSSR count). The van der Waals surface area contributed by atoms with Gasteiger partial charge in [0.15, 0.2) is 5.96 Å². The summed E-state index contributed by atoms with van der Waals surface area (Å²) in [6, 6.07) is 0. The van der Waals surface area contributed by atoms with Crippen molar-refractivity contribution in [1.29, 1.82) is 0 Å². The van der Waals surface area contributed by atoms with E-state index in [2.05, 4.69) is 47.4 Å². The summed E-state index contributed by atoms with van der Waals surface area (Å²) >= 11 is 0. The van der Waals surface area contributed by atoms with Crippen LogP contribution in [0.3, 0.4) is 0 Å². The van der Waals surface area contributed by atoms with Crippen LogP contribution >= 0.6 is 0 Å². The van der Waals surface area contributed by atoms with Gasteiger partial charge >= 0.3 is 0 Å². The number of nitrogens with one attached hydrogen (secondary N) is 1. The Labute approximate surface area is 159 Å². The van der Waals surface area contributed by atoms with Gasteiger partial charge in [-0.25, -0.2) is 0 Å². The molecule has 0 saturated carbocycles. The summed E-state index contributed by atoms with van der Waals surface area (Å²) in [4.78, 5) is 9.56. The van der Waals surface area contributed by atoms with Crippen LogP contribution < -0.4 is 5.32 Å². The number of guanidine groups is 1. The van der Waals surface area contributed by atoms with Gasteiger partial charge in [0.2, 0.25) is 0 Å². The molecule has 0 bridgehead atoms. The Morgan fingerprint density at radius 1 is 1.27 bits per heavy atom. The van der Waals surface area contributed by atoms with Gasteiger partial charge in [0.25, 0.3) is 0 Å². The fraction of sp³-hybridized carbons (Fsp3) is 0.800. The Morgan fingerprint density at radius 2 is 2.04 bits per heavy atom. The SMILES string of the molecule is CCNC(=NCCCCCCCN(C)C)N1CCC(c2cnn(C)c2)C1. The highest BCUT2D eigenvalue weighted by Crippen LogP contribution is 2.26. The first-order valence-corrected chi connectivity index (χ1v) is 10.3. The Hall–Kier alpha value is -1.56. The van der Waals surface area contributed by atoms with E-state index in [-0.39, 0.29) is 0 Å². The highest BCUT2D eigenvalue weighted by atomic mass is 15.3. The molecule has 148 valence electrons. The fourth-order valence-corrected chi connectivity index (χ4v) is 3.56. The zero-order valence-electron chi connectivity index (χ0n) is 17.2. The number of unbranched alkanes of at least 4 members (excludes halogenated alkanes) is 4. The molecule has 0 radical (unpaired) electrons. The molecule has 0 aliphatic carbocycles. The number of aryl methyl sites for hydroxylation is 1. The average molecular weight is 363 g/mol. The third-order valence-electron chi connectivity index (χ3n) is 5.04. The maximum Gasteiger partial charge on any atom is 0.193 e. The molecule has 1 fully saturated rings. The minimum absolute atomic E-state index is 0.573. The van der Waals surface area contributed by atoms with E-state index in [1.54, 1.807) is 0 Å². The van der Waals surface area contributed by atoms with Crippen LogP contribution in [0.15, 0.2) is 17.4 Å². The van der Waals surface area contributed by atoms with Crippen molar-refractivity contribution < 1.29 is 0 Å². The van der Waals surface area contributed by atoms with E-state index in [0.717, 1.165) is 32.1 Å². The lowest BCUT2D eigenvalue weighted by Crippen LogP contribution is -2.40. The van der Waals surface area contributed by atoms with Gasteiger partial charge in [-0.15, -0.1) is 0 Å². The molecule has 2 heterocycles. The van der Waals surface area contributed by atoms with Crippen LogP contribution in [-0.4, -0.2) is 72.4 Å². The van der Waals surface area contributed by atoms with Gasteiger partial charge in [0.1, 0.15) is 0 Å². The summed E-state index contributed by atoms with van der Waals surface area (Å²) in [5, 5.41) is 7.79. The van der Waals surface area contributed by atoms with Crippen LogP contribution in [-0.2, 0) is 7.05 Å². The van der Waals surface area contributed by atoms with Crippen molar-refractivity contribution in [3.05, 3.63) is 18.0 Å². The molecule has 6 nitrogen and oxygen atoms in total. The number of aliphatic imine (C=N–C) groups is 1. The first-order chi connectivity index (χ1) is 12.6. The molecule has 0 spiro atoms. The van der Waals surface area contributed by atoms with Gasteiger partial charge < -0.3 is 15.1 Å². The van der Waals surface area contributed by atoms with Gasteiger partial charge in [-0.3, -0.25) is 9.67 Å². The highest BCUT2D eigenvalue weighted by Gasteiger charge is 2.26. The van der Waals surface area contributed by atoms with Crippen LogP contribution in [0.2, 0.25) is 0 Å². The first-order valence-electron chi connectivity index (χ1n) is 10.3. The third kappa shape index (κ3) is 6.98. The molecular formula is C20H38N6. The standard InChI is InChI=1S/C20H38N6/c1-5-21-20(22-12-9-7-6-8-10-13-24(2)3)26-14-11-18(17-26)19-15-23-25(4)16-19/h15-16,18H,5-14,17H2,1-4H3,(H,21,22). The van der Waals surface area contributed by atoms with Crippen molar-refractivity contribution in [2.45, 2.75) is 51.4 Å². The maximum atomic E-state index is 4.88. The van der Waals surface area contributed by atoms with Crippen molar-refractivity contribution in [3.8, 4) is 0 Å². The van der Waals surface area contributed by atoms with Crippen molar-refractivity contribution in [1.82, 2.24) is 24.9 Å². The van der Waals surface area contributed by atoms with E-state index in [0.29, 0.717) is 5.92 Å². The van der Waals surface area contributed by atoms with Crippen molar-refractivity contribution in [2.24, 2.45) is 12.0 Å². The van der Waals surface area contributed by atoms with Gasteiger partial charge in [-0.1, -0.05) is 19.3 Å². The lowest BCUT2D eigenvalue weighted by molar-refractivity contribution is 0.390. The Balaban J connectivity index is 1.71. The second kappa shape index (κ2) is 11.2. The van der Waals surface area contributed by atoms with Crippen LogP contribution in [0.5, 0.6) is 0 Å². The van der Waals surface area contributed by atoms with Crippen molar-refractivity contribution in [2.75, 3.05) is 46.8 Å². The zero-order chi connectivity index (χ0) is 18.8. The average Bonchev–Trinajstić information content (AvgIpc) is 3.25. The molecule has 1 N–H and O–H groups in total. The molecule has 1 atom stereocenters. The van der Waals surface area contributed by atoms with Crippen molar-refractivity contribution >= 4 is 5.96 Å². The van der Waals surface area contributed by atoms with Gasteiger partial charge in [-0.05, 0) is 52.4 Å². The number of hydrogen-bond donors (Lipinski definition) is 1. The number of aromatic nitrogens is 2. The molecule has 1 saturated heterocycles. The van der Waals surface area contributed by atoms with E-state index in [9.17, 15) is 0 Å². The summed E-state index contributed by atoms with van der Waals surface area (Å²) in [6.45, 7) is 7.34. The Morgan fingerprint density at radius 3 is 2.73 bits per heavy atom. The molecule has 0 amide bonds. The second-order valence-electron chi connectivity index (χ2n) is 7.69. The molecule has 6 heteroatoms. The lowest BCUT2D eigenvalue weighted by Gasteiger charge is -2.21. The maximum absolute atomic E-state index is 4.88. The molecule has 26 heavy (non-hydrogen) atoms. The minimum atomic E-state index is 0.573. The molecule has 0 aromatic carbocycles. The van der Waals surface area contributed by atoms with Crippen LogP contribution in [0.1, 0.15) is 56.9 Å². The van der Waals surface area contributed by atoms with Crippen LogP contribution in [0.25, 0.3) is 0 Å². The first kappa shape index (κ1) is 20.7. The molecule has 1 unspecified atom stereocenters. The fourth-order valence-electron chi connectivity index (χ4n) is 3.56. The van der Waals surface area contributed by atoms with E-state index in [1.807, 2.05) is 17.9 Å². The molecule has 1 aliphatic heterocycles. The molecule has 1 aromatic rings. The number of likely N-dealkylation sites (tertiary alicyclic amines) is 1. The highest BCUT2D eigenvalue weighted by molar-refractivity contribution is 5.80. The van der Waals surface area contributed by atoms with Gasteiger partial charge in [0, 0.05) is 45.3 Å². The summed E-state index contributed by atoms with van der Waals surface area (Å²) < 4.78 is 1.90. The Bertz CT molecular complexity index is 536. The summed E-state index contributed by atoms with van der Waals surface area (Å²) in [6.07, 6.45) is 11.8. The molecule has 1 aromatic heterocycles. The quantitative estimate of drug-likeness (QED) is 0.395. The van der Waals surface area contributed by atoms with E-state index in [1.165, 1.54) is 50.6 Å². The van der Waals surface area contributed by atoms with E-state index < -0.39 is 0 Å². The monoisotopic (exact) mass is 362 g/mol. The van der Waals surface area contributed by atoms with Crippen molar-refractivity contribution in [3.63, 3.8) is 0 Å². The van der Waals surface area contributed by atoms with E-state index >= 15 is 0 Å². The largest absolute Gasteiger partial charge is 0.357 e. The van der Waals surface area contributed by atoms with E-state index in [4.69, 9.17) is 4.99 Å². The Kier molecular flexibility index (Phi) is 8.95. The topological polar surface area (TPSA) is 48.7 Å². The summed E-state index contributed by atoms with van der Waals surface area (Å²) in [5.41, 5.74) is 1.35. The smallest absolute Gasteiger partial charge is 0.193 e. The third-order valence-corrected chi connectivity index (χ3v) is 5.04. The molecule has 1 aliphatic rings. The zero-order valence-corrected chi connectivity index (χ0v) is 17.2. The summed E-state index contributed by atoms with van der Waals surface area (Å²) in [5.74, 6) is 1.66. The van der Waals surface area contributed by atoms with Gasteiger partial charge in [-0.2, -0.15) is 5.10 Å². The van der Waals surface area contributed by atoms with Crippen LogP contribution in [0, 0.1) is 0 Å². The number of rotatable bonds is 10. The second-order valence-corrected chi connectivity index (χ2v) is 7.69. The number of nitrogens with zero attached hydrogens (tertiary/aromatic N) is 5. The lowest BCUT2D eigenvalue weighted by atomic mass is 10.0. The van der Waals surface area contributed by atoms with Crippen LogP contribution in [0.4, 0.5) is 0 Å². The summed E-state index contributed by atoms with van der Waals surface area (Å²) in [7, 11) is 6.28. The normalized spacial score (nSPS) is 18.1. The minimum Gasteiger partial charge on any atom is -0.357 e. The predicted octanol–water partition coefficient (Wildman–Crippen LogP) is 2.69. The molecular weight excluding hydrogens is 324 g/mol. The number of hydrogen-bond acceptors (Lipinski definition) is 3. The van der Waals surface area contributed by atoms with Gasteiger partial charge in [0.05, 0.1) is 6.20 Å². The predicted molar refractivity (Wildman–Crippen MR) is 110 cm³/mol.